The average Bonchev–Trinajstić information content (AvgIpc) is 3.07. The monoisotopic (exact) mass is 372 g/mol. The number of hydrogen-bond donors (Lipinski definition) is 1. The fourth-order valence-electron chi connectivity index (χ4n) is 1.89. The first-order valence-electron chi connectivity index (χ1n) is 7.27. The first-order chi connectivity index (χ1) is 12.2. The van der Waals surface area contributed by atoms with Gasteiger partial charge in [0.25, 0.3) is 5.91 Å². The minimum absolute atomic E-state index is 0.290. The van der Waals surface area contributed by atoms with Crippen LogP contribution in [0.1, 0.15) is 20.8 Å². The van der Waals surface area contributed by atoms with E-state index in [1.54, 1.807) is 36.9 Å². The Balaban J connectivity index is 1.51. The second-order valence-electron chi connectivity index (χ2n) is 4.87. The highest BCUT2D eigenvalue weighted by Gasteiger charge is 2.03. The predicted octanol–water partition coefficient (Wildman–Crippen LogP) is 3.53. The summed E-state index contributed by atoms with van der Waals surface area (Å²) in [5.74, 6) is 0.435. The van der Waals surface area contributed by atoms with Gasteiger partial charge in [-0.1, -0.05) is 11.6 Å². The van der Waals surface area contributed by atoms with Crippen molar-refractivity contribution >= 4 is 35.1 Å². The van der Waals surface area contributed by atoms with E-state index < -0.39 is 0 Å². The molecule has 0 aliphatic carbocycles. The smallest absolute Gasteiger partial charge is 0.271 e. The summed E-state index contributed by atoms with van der Waals surface area (Å²) in [6, 6.07) is 10.6. The van der Waals surface area contributed by atoms with Gasteiger partial charge in [0.15, 0.2) is 4.47 Å². The van der Waals surface area contributed by atoms with Crippen molar-refractivity contribution in [1.29, 1.82) is 0 Å². The van der Waals surface area contributed by atoms with Crippen molar-refractivity contribution in [2.75, 3.05) is 0 Å². The van der Waals surface area contributed by atoms with Gasteiger partial charge in [-0.15, -0.1) is 11.3 Å². The molecule has 0 atom stereocenters. The van der Waals surface area contributed by atoms with Crippen LogP contribution in [-0.4, -0.2) is 22.1 Å². The topological polar surface area (TPSA) is 76.5 Å². The molecular formula is C17H13ClN4O2S. The van der Waals surface area contributed by atoms with Crippen molar-refractivity contribution in [3.8, 4) is 5.75 Å². The molecule has 25 heavy (non-hydrogen) atoms. The lowest BCUT2D eigenvalue weighted by Gasteiger charge is -2.04. The number of ether oxygens (including phenoxy) is 1. The number of nitrogens with one attached hydrogen (secondary N) is 1. The lowest BCUT2D eigenvalue weighted by atomic mass is 10.2. The number of hydrogen-bond acceptors (Lipinski definition) is 6. The maximum Gasteiger partial charge on any atom is 0.271 e. The maximum atomic E-state index is 11.8. The van der Waals surface area contributed by atoms with E-state index in [4.69, 9.17) is 16.3 Å². The van der Waals surface area contributed by atoms with Crippen LogP contribution in [0.3, 0.4) is 0 Å². The summed E-state index contributed by atoms with van der Waals surface area (Å²) in [6.45, 7) is 0.416. The molecule has 0 aliphatic rings. The number of benzene rings is 1. The van der Waals surface area contributed by atoms with Crippen molar-refractivity contribution in [3.63, 3.8) is 0 Å². The van der Waals surface area contributed by atoms with Crippen molar-refractivity contribution in [2.24, 2.45) is 5.10 Å². The lowest BCUT2D eigenvalue weighted by molar-refractivity contribution is 0.0955. The maximum absolute atomic E-state index is 11.8. The number of nitrogens with zero attached hydrogens (tertiary/aromatic N) is 3. The highest BCUT2D eigenvalue weighted by molar-refractivity contribution is 7.15. The van der Waals surface area contributed by atoms with E-state index in [1.807, 2.05) is 24.3 Å². The van der Waals surface area contributed by atoms with Crippen LogP contribution in [0.4, 0.5) is 0 Å². The Kier molecular flexibility index (Phi) is 5.71. The van der Waals surface area contributed by atoms with E-state index in [0.717, 1.165) is 16.2 Å². The van der Waals surface area contributed by atoms with Gasteiger partial charge in [0, 0.05) is 24.2 Å². The second kappa shape index (κ2) is 8.36. The molecule has 8 heteroatoms. The van der Waals surface area contributed by atoms with Crippen LogP contribution < -0.4 is 10.2 Å². The van der Waals surface area contributed by atoms with E-state index in [9.17, 15) is 4.79 Å². The quantitative estimate of drug-likeness (QED) is 0.530. The van der Waals surface area contributed by atoms with Crippen LogP contribution in [0.25, 0.3) is 0 Å². The Labute approximate surface area is 153 Å². The Morgan fingerprint density at radius 2 is 2.00 bits per heavy atom. The van der Waals surface area contributed by atoms with Gasteiger partial charge in [-0.3, -0.25) is 9.78 Å². The summed E-state index contributed by atoms with van der Waals surface area (Å²) < 4.78 is 6.15. The summed E-state index contributed by atoms with van der Waals surface area (Å²) in [4.78, 5) is 20.6. The van der Waals surface area contributed by atoms with Crippen molar-refractivity contribution in [3.05, 3.63) is 75.5 Å². The zero-order chi connectivity index (χ0) is 17.5. The lowest BCUT2D eigenvalue weighted by Crippen LogP contribution is -2.17. The van der Waals surface area contributed by atoms with E-state index in [2.05, 4.69) is 20.5 Å². The normalized spacial score (nSPS) is 10.8. The number of rotatable bonds is 6. The molecule has 3 aromatic rings. The van der Waals surface area contributed by atoms with Crippen LogP contribution in [0.5, 0.6) is 5.75 Å². The van der Waals surface area contributed by atoms with Crippen LogP contribution >= 0.6 is 22.9 Å². The molecule has 1 aromatic carbocycles. The zero-order valence-corrected chi connectivity index (χ0v) is 14.5. The molecule has 126 valence electrons. The van der Waals surface area contributed by atoms with E-state index in [0.29, 0.717) is 16.6 Å². The molecule has 0 saturated heterocycles. The first kappa shape index (κ1) is 17.1. The molecular weight excluding hydrogens is 360 g/mol. The number of hydrazone groups is 1. The van der Waals surface area contributed by atoms with E-state index >= 15 is 0 Å². The fraction of sp³-hybridized carbons (Fsp3) is 0.0588. The van der Waals surface area contributed by atoms with Gasteiger partial charge in [-0.05, 0) is 42.0 Å². The van der Waals surface area contributed by atoms with Gasteiger partial charge in [0.2, 0.25) is 0 Å². The fourth-order valence-corrected chi connectivity index (χ4v) is 2.78. The van der Waals surface area contributed by atoms with Crippen LogP contribution in [0.2, 0.25) is 4.47 Å². The van der Waals surface area contributed by atoms with Gasteiger partial charge in [-0.25, -0.2) is 10.4 Å². The number of carbonyl (C=O) groups is 1. The van der Waals surface area contributed by atoms with Crippen LogP contribution in [0.15, 0.2) is 60.1 Å². The van der Waals surface area contributed by atoms with Gasteiger partial charge in [0.1, 0.15) is 12.4 Å². The van der Waals surface area contributed by atoms with Crippen molar-refractivity contribution in [2.45, 2.75) is 6.61 Å². The molecule has 1 amide bonds. The van der Waals surface area contributed by atoms with Gasteiger partial charge >= 0.3 is 0 Å². The summed E-state index contributed by atoms with van der Waals surface area (Å²) in [5, 5.41) is 3.94. The number of pyridine rings is 1. The summed E-state index contributed by atoms with van der Waals surface area (Å²) in [7, 11) is 0. The number of aromatic nitrogens is 2. The highest BCUT2D eigenvalue weighted by atomic mass is 35.5. The molecule has 2 heterocycles. The standard InChI is InChI=1S/C17H13ClN4O2S/c18-17-20-10-15(25-17)11-24-14-3-1-12(2-4-14)9-21-22-16(23)13-5-7-19-8-6-13/h1-10H,11H2,(H,22,23)/b21-9+. The molecule has 0 fully saturated rings. The number of thiazole rings is 1. The number of halogens is 1. The third-order valence-corrected chi connectivity index (χ3v) is 4.20. The molecule has 3 rings (SSSR count). The van der Waals surface area contributed by atoms with Crippen LogP contribution in [-0.2, 0) is 6.61 Å². The van der Waals surface area contributed by atoms with Gasteiger partial charge < -0.3 is 4.74 Å². The Bertz CT molecular complexity index is 866. The van der Waals surface area contributed by atoms with Gasteiger partial charge in [0.05, 0.1) is 11.1 Å². The Morgan fingerprint density at radius 3 is 2.68 bits per heavy atom. The molecule has 0 radical (unpaired) electrons. The zero-order valence-electron chi connectivity index (χ0n) is 12.9. The summed E-state index contributed by atoms with van der Waals surface area (Å²) >= 11 is 7.16. The summed E-state index contributed by atoms with van der Waals surface area (Å²) in [5.41, 5.74) is 3.80. The van der Waals surface area contributed by atoms with E-state index in [-0.39, 0.29) is 5.91 Å². The Morgan fingerprint density at radius 1 is 1.24 bits per heavy atom. The minimum atomic E-state index is -0.290. The SMILES string of the molecule is O=C(N/N=C/c1ccc(OCc2cnc(Cl)s2)cc1)c1ccncc1. The highest BCUT2D eigenvalue weighted by Crippen LogP contribution is 2.20. The number of carbonyl (C=O) groups excluding carboxylic acids is 1. The molecule has 1 N–H and O–H groups in total. The van der Waals surface area contributed by atoms with Crippen molar-refractivity contribution in [1.82, 2.24) is 15.4 Å². The number of amides is 1. The van der Waals surface area contributed by atoms with Crippen LogP contribution in [0, 0.1) is 0 Å². The molecule has 0 bridgehead atoms. The minimum Gasteiger partial charge on any atom is -0.488 e. The van der Waals surface area contributed by atoms with E-state index in [1.165, 1.54) is 11.3 Å². The largest absolute Gasteiger partial charge is 0.488 e. The molecule has 2 aromatic heterocycles. The molecule has 0 aliphatic heterocycles. The average molecular weight is 373 g/mol. The Hall–Kier alpha value is -2.77. The predicted molar refractivity (Wildman–Crippen MR) is 97.2 cm³/mol. The van der Waals surface area contributed by atoms with Gasteiger partial charge in [-0.2, -0.15) is 5.10 Å². The third-order valence-electron chi connectivity index (χ3n) is 3.11. The first-order valence-corrected chi connectivity index (χ1v) is 8.46. The second-order valence-corrected chi connectivity index (χ2v) is 6.57. The molecule has 0 unspecified atom stereocenters. The molecule has 0 saturated carbocycles. The third kappa shape index (κ3) is 5.10. The van der Waals surface area contributed by atoms with Crippen molar-refractivity contribution < 1.29 is 9.53 Å². The molecule has 0 spiro atoms. The molecule has 6 nitrogen and oxygen atoms in total. The summed E-state index contributed by atoms with van der Waals surface area (Å²) in [6.07, 6.45) is 6.36.